The maximum absolute atomic E-state index is 11.9. The molecule has 1 saturated carbocycles. The molecule has 0 aromatic heterocycles. The van der Waals surface area contributed by atoms with Gasteiger partial charge in [0.15, 0.2) is 0 Å². The number of ether oxygens (including phenoxy) is 1. The largest absolute Gasteiger partial charge is 0.573 e. The van der Waals surface area contributed by atoms with E-state index in [1.807, 2.05) is 0 Å². The van der Waals surface area contributed by atoms with Crippen molar-refractivity contribution >= 4 is 11.6 Å². The molecule has 0 bridgehead atoms. The van der Waals surface area contributed by atoms with Gasteiger partial charge in [-0.3, -0.25) is 0 Å². The topological polar surface area (TPSA) is 9.23 Å². The molecule has 1 aromatic rings. The summed E-state index contributed by atoms with van der Waals surface area (Å²) in [5.74, 6) is 1.29. The lowest BCUT2D eigenvalue weighted by atomic mass is 10.1. The number of hydrogen-bond acceptors (Lipinski definition) is 1. The van der Waals surface area contributed by atoms with Crippen LogP contribution in [-0.4, -0.2) is 12.2 Å². The molecule has 0 saturated heterocycles. The zero-order valence-corrected chi connectivity index (χ0v) is 9.05. The van der Waals surface area contributed by atoms with Gasteiger partial charge in [0.25, 0.3) is 0 Å². The Hall–Kier alpha value is -0.900. The van der Waals surface area contributed by atoms with E-state index in [1.165, 1.54) is 12.1 Å². The third-order valence-electron chi connectivity index (χ3n) is 2.66. The summed E-state index contributed by atoms with van der Waals surface area (Å²) in [4.78, 5) is 0. The third-order valence-corrected chi connectivity index (χ3v) is 3.06. The molecule has 1 fully saturated rings. The van der Waals surface area contributed by atoms with E-state index in [2.05, 4.69) is 4.74 Å². The Kier molecular flexibility index (Phi) is 3.02. The minimum absolute atomic E-state index is 0.181. The van der Waals surface area contributed by atoms with Gasteiger partial charge in [-0.1, -0.05) is 12.1 Å². The molecule has 1 aliphatic carbocycles. The predicted molar refractivity (Wildman–Crippen MR) is 54.7 cm³/mol. The van der Waals surface area contributed by atoms with Gasteiger partial charge in [0.1, 0.15) is 5.75 Å². The maximum atomic E-state index is 11.9. The monoisotopic (exact) mass is 250 g/mol. The van der Waals surface area contributed by atoms with Crippen LogP contribution in [0.25, 0.3) is 0 Å². The van der Waals surface area contributed by atoms with E-state index in [0.717, 1.165) is 12.0 Å². The fraction of sp³-hybridized carbons (Fsp3) is 0.455. The quantitative estimate of drug-likeness (QED) is 0.739. The van der Waals surface area contributed by atoms with Crippen molar-refractivity contribution in [2.75, 3.05) is 5.88 Å². The van der Waals surface area contributed by atoms with Crippen molar-refractivity contribution in [1.29, 1.82) is 0 Å². The van der Waals surface area contributed by atoms with E-state index < -0.39 is 6.36 Å². The van der Waals surface area contributed by atoms with E-state index in [0.29, 0.717) is 17.7 Å². The molecule has 0 radical (unpaired) electrons. The van der Waals surface area contributed by atoms with E-state index in [1.54, 1.807) is 12.1 Å². The SMILES string of the molecule is FC(F)(F)Oc1ccc(C2CC2CCl)cc1. The van der Waals surface area contributed by atoms with Crippen LogP contribution in [0.1, 0.15) is 17.9 Å². The van der Waals surface area contributed by atoms with Gasteiger partial charge >= 0.3 is 6.36 Å². The highest BCUT2D eigenvalue weighted by atomic mass is 35.5. The van der Waals surface area contributed by atoms with Gasteiger partial charge in [-0.05, 0) is 36.0 Å². The minimum Gasteiger partial charge on any atom is -0.406 e. The number of rotatable bonds is 3. The Bertz CT molecular complexity index is 360. The Morgan fingerprint density at radius 2 is 1.88 bits per heavy atom. The minimum atomic E-state index is -4.63. The second-order valence-corrected chi connectivity index (χ2v) is 4.18. The van der Waals surface area contributed by atoms with Crippen molar-refractivity contribution in [1.82, 2.24) is 0 Å². The highest BCUT2D eigenvalue weighted by Crippen LogP contribution is 2.48. The second kappa shape index (κ2) is 4.17. The van der Waals surface area contributed by atoms with Crippen LogP contribution in [0.15, 0.2) is 24.3 Å². The summed E-state index contributed by atoms with van der Waals surface area (Å²) < 4.78 is 39.5. The number of hydrogen-bond donors (Lipinski definition) is 0. The average molecular weight is 251 g/mol. The number of halogens is 4. The van der Waals surface area contributed by atoms with Crippen LogP contribution in [0.3, 0.4) is 0 Å². The summed E-state index contributed by atoms with van der Waals surface area (Å²) in [6, 6.07) is 6.01. The van der Waals surface area contributed by atoms with Crippen LogP contribution < -0.4 is 4.74 Å². The fourth-order valence-electron chi connectivity index (χ4n) is 1.74. The average Bonchev–Trinajstić information content (AvgIpc) is 2.95. The lowest BCUT2D eigenvalue weighted by Crippen LogP contribution is -2.17. The van der Waals surface area contributed by atoms with Crippen LogP contribution in [-0.2, 0) is 0 Å². The van der Waals surface area contributed by atoms with E-state index >= 15 is 0 Å². The van der Waals surface area contributed by atoms with Gasteiger partial charge in [-0.15, -0.1) is 24.8 Å². The van der Waals surface area contributed by atoms with Crippen molar-refractivity contribution in [2.45, 2.75) is 18.7 Å². The first-order valence-electron chi connectivity index (χ1n) is 4.91. The fourth-order valence-corrected chi connectivity index (χ4v) is 2.08. The molecular weight excluding hydrogens is 241 g/mol. The second-order valence-electron chi connectivity index (χ2n) is 3.87. The molecule has 1 aromatic carbocycles. The molecule has 1 nitrogen and oxygen atoms in total. The number of alkyl halides is 4. The molecule has 0 amide bonds. The van der Waals surface area contributed by atoms with Crippen molar-refractivity contribution in [3.63, 3.8) is 0 Å². The molecule has 2 unspecified atom stereocenters. The van der Waals surface area contributed by atoms with Gasteiger partial charge in [0.2, 0.25) is 0 Å². The molecule has 16 heavy (non-hydrogen) atoms. The molecule has 88 valence electrons. The van der Waals surface area contributed by atoms with Crippen LogP contribution >= 0.6 is 11.6 Å². The first-order chi connectivity index (χ1) is 7.49. The first-order valence-corrected chi connectivity index (χ1v) is 5.45. The molecular formula is C11H10ClF3O. The first kappa shape index (κ1) is 11.6. The van der Waals surface area contributed by atoms with Crippen molar-refractivity contribution in [3.8, 4) is 5.75 Å². The standard InChI is InChI=1S/C11H10ClF3O/c12-6-8-5-10(8)7-1-3-9(4-2-7)16-11(13,14)15/h1-4,8,10H,5-6H2. The Labute approximate surface area is 96.2 Å². The molecule has 0 aliphatic heterocycles. The zero-order chi connectivity index (χ0) is 11.8. The summed E-state index contributed by atoms with van der Waals surface area (Å²) in [5.41, 5.74) is 1.03. The van der Waals surface area contributed by atoms with Gasteiger partial charge in [0.05, 0.1) is 0 Å². The van der Waals surface area contributed by atoms with Crippen LogP contribution in [0.4, 0.5) is 13.2 Å². The lowest BCUT2D eigenvalue weighted by Gasteiger charge is -2.09. The van der Waals surface area contributed by atoms with Crippen LogP contribution in [0.5, 0.6) is 5.75 Å². The van der Waals surface area contributed by atoms with Crippen LogP contribution in [0, 0.1) is 5.92 Å². The molecule has 2 rings (SSSR count). The summed E-state index contributed by atoms with van der Waals surface area (Å²) in [6.45, 7) is 0. The molecule has 0 N–H and O–H groups in total. The van der Waals surface area contributed by atoms with Gasteiger partial charge < -0.3 is 4.74 Å². The van der Waals surface area contributed by atoms with Crippen molar-refractivity contribution in [3.05, 3.63) is 29.8 Å². The summed E-state index contributed by atoms with van der Waals surface area (Å²) in [5, 5.41) is 0. The molecule has 1 aliphatic rings. The van der Waals surface area contributed by atoms with Gasteiger partial charge in [-0.2, -0.15) is 0 Å². The van der Waals surface area contributed by atoms with Gasteiger partial charge in [-0.25, -0.2) is 0 Å². The highest BCUT2D eigenvalue weighted by Gasteiger charge is 2.37. The Balaban J connectivity index is 2.00. The van der Waals surface area contributed by atoms with Crippen molar-refractivity contribution in [2.24, 2.45) is 5.92 Å². The lowest BCUT2D eigenvalue weighted by molar-refractivity contribution is -0.274. The Morgan fingerprint density at radius 1 is 1.25 bits per heavy atom. The summed E-state index contributed by atoms with van der Waals surface area (Å²) in [6.07, 6.45) is -3.61. The zero-order valence-electron chi connectivity index (χ0n) is 8.30. The van der Waals surface area contributed by atoms with Gasteiger partial charge in [0, 0.05) is 5.88 Å². The Morgan fingerprint density at radius 3 is 2.31 bits per heavy atom. The number of benzene rings is 1. The maximum Gasteiger partial charge on any atom is 0.573 e. The van der Waals surface area contributed by atoms with Crippen LogP contribution in [0.2, 0.25) is 0 Å². The van der Waals surface area contributed by atoms with E-state index in [9.17, 15) is 13.2 Å². The van der Waals surface area contributed by atoms with E-state index in [4.69, 9.17) is 11.6 Å². The third kappa shape index (κ3) is 2.82. The summed E-state index contributed by atoms with van der Waals surface area (Å²) >= 11 is 5.69. The molecule has 0 heterocycles. The molecule has 5 heteroatoms. The normalized spacial score (nSPS) is 24.2. The van der Waals surface area contributed by atoms with E-state index in [-0.39, 0.29) is 5.75 Å². The predicted octanol–water partition coefficient (Wildman–Crippen LogP) is 3.93. The van der Waals surface area contributed by atoms with Crippen molar-refractivity contribution < 1.29 is 17.9 Å². The summed E-state index contributed by atoms with van der Waals surface area (Å²) in [7, 11) is 0. The smallest absolute Gasteiger partial charge is 0.406 e. The molecule has 0 spiro atoms. The highest BCUT2D eigenvalue weighted by molar-refractivity contribution is 6.18. The molecule has 2 atom stereocenters.